The Labute approximate surface area is 135 Å². The fourth-order valence-electron chi connectivity index (χ4n) is 3.15. The highest BCUT2D eigenvalue weighted by atomic mass is 16.2. The van der Waals surface area contributed by atoms with Gasteiger partial charge in [0.25, 0.3) is 0 Å². The van der Waals surface area contributed by atoms with E-state index >= 15 is 0 Å². The SMILES string of the molecule is CCCc1cc(CN(C)C(=O)[C@@H]2CC(=O)c3ccccc32)[nH]n1. The topological polar surface area (TPSA) is 66.1 Å². The molecule has 1 aliphatic carbocycles. The van der Waals surface area contributed by atoms with E-state index in [0.29, 0.717) is 12.1 Å². The van der Waals surface area contributed by atoms with Gasteiger partial charge in [0.2, 0.25) is 5.91 Å². The molecule has 0 fully saturated rings. The third-order valence-electron chi connectivity index (χ3n) is 4.30. The number of aromatic amines is 1. The van der Waals surface area contributed by atoms with Crippen LogP contribution in [0.5, 0.6) is 0 Å². The van der Waals surface area contributed by atoms with Gasteiger partial charge in [-0.2, -0.15) is 5.10 Å². The maximum atomic E-state index is 12.7. The van der Waals surface area contributed by atoms with Crippen molar-refractivity contribution in [3.8, 4) is 0 Å². The summed E-state index contributed by atoms with van der Waals surface area (Å²) >= 11 is 0. The van der Waals surface area contributed by atoms with Gasteiger partial charge in [0.15, 0.2) is 5.78 Å². The first-order valence-corrected chi connectivity index (χ1v) is 8.00. The van der Waals surface area contributed by atoms with Crippen molar-refractivity contribution in [2.45, 2.75) is 38.6 Å². The van der Waals surface area contributed by atoms with Gasteiger partial charge in [-0.3, -0.25) is 14.7 Å². The molecular formula is C18H21N3O2. The fourth-order valence-corrected chi connectivity index (χ4v) is 3.15. The molecule has 1 heterocycles. The lowest BCUT2D eigenvalue weighted by Crippen LogP contribution is -2.30. The van der Waals surface area contributed by atoms with Crippen LogP contribution in [-0.2, 0) is 17.8 Å². The number of fused-ring (bicyclic) bond motifs is 1. The van der Waals surface area contributed by atoms with Crippen molar-refractivity contribution in [1.29, 1.82) is 0 Å². The molecule has 0 saturated carbocycles. The predicted octanol–water partition coefficient (Wildman–Crippen LogP) is 2.69. The maximum absolute atomic E-state index is 12.7. The van der Waals surface area contributed by atoms with Crippen LogP contribution in [0.2, 0.25) is 0 Å². The minimum atomic E-state index is -0.360. The summed E-state index contributed by atoms with van der Waals surface area (Å²) in [4.78, 5) is 26.4. The van der Waals surface area contributed by atoms with Crippen LogP contribution in [0.25, 0.3) is 0 Å². The van der Waals surface area contributed by atoms with Gasteiger partial charge < -0.3 is 4.90 Å². The molecule has 2 aromatic rings. The molecule has 1 aliphatic rings. The van der Waals surface area contributed by atoms with E-state index < -0.39 is 0 Å². The molecule has 120 valence electrons. The number of carbonyl (C=O) groups excluding carboxylic acids is 2. The molecule has 0 spiro atoms. The summed E-state index contributed by atoms with van der Waals surface area (Å²) in [6.45, 7) is 2.58. The predicted molar refractivity (Wildman–Crippen MR) is 87.2 cm³/mol. The van der Waals surface area contributed by atoms with Crippen LogP contribution in [0.1, 0.15) is 53.0 Å². The van der Waals surface area contributed by atoms with Gasteiger partial charge in [-0.05, 0) is 18.1 Å². The minimum Gasteiger partial charge on any atom is -0.339 e. The average molecular weight is 311 g/mol. The van der Waals surface area contributed by atoms with Crippen LogP contribution < -0.4 is 0 Å². The molecule has 1 atom stereocenters. The third-order valence-corrected chi connectivity index (χ3v) is 4.30. The second-order valence-electron chi connectivity index (χ2n) is 6.10. The Hall–Kier alpha value is -2.43. The average Bonchev–Trinajstić information content (AvgIpc) is 3.12. The number of carbonyl (C=O) groups is 2. The third kappa shape index (κ3) is 3.04. The number of aryl methyl sites for hydroxylation is 1. The molecular weight excluding hydrogens is 290 g/mol. The van der Waals surface area contributed by atoms with Crippen LogP contribution in [0.4, 0.5) is 0 Å². The van der Waals surface area contributed by atoms with Gasteiger partial charge in [-0.1, -0.05) is 37.6 Å². The number of aromatic nitrogens is 2. The summed E-state index contributed by atoms with van der Waals surface area (Å²) in [5.74, 6) is -0.323. The standard InChI is InChI=1S/C18H21N3O2/c1-3-6-12-9-13(20-19-12)11-21(2)18(23)16-10-17(22)15-8-5-4-7-14(15)16/h4-5,7-9,16H,3,6,10-11H2,1-2H3,(H,19,20)/t16-/m1/s1. The number of ketones is 1. The van der Waals surface area contributed by atoms with E-state index in [-0.39, 0.29) is 24.0 Å². The van der Waals surface area contributed by atoms with E-state index in [1.807, 2.05) is 24.3 Å². The number of nitrogens with one attached hydrogen (secondary N) is 1. The first kappa shape index (κ1) is 15.5. The van der Waals surface area contributed by atoms with Crippen LogP contribution in [0.3, 0.4) is 0 Å². The van der Waals surface area contributed by atoms with Crippen LogP contribution in [0.15, 0.2) is 30.3 Å². The molecule has 0 bridgehead atoms. The molecule has 0 aliphatic heterocycles. The summed E-state index contributed by atoms with van der Waals surface area (Å²) in [5, 5.41) is 7.23. The van der Waals surface area contributed by atoms with Crippen molar-refractivity contribution in [1.82, 2.24) is 15.1 Å². The molecule has 0 radical (unpaired) electrons. The Morgan fingerprint density at radius 1 is 1.39 bits per heavy atom. The second-order valence-corrected chi connectivity index (χ2v) is 6.10. The van der Waals surface area contributed by atoms with Crippen molar-refractivity contribution in [2.75, 3.05) is 7.05 Å². The van der Waals surface area contributed by atoms with Crippen molar-refractivity contribution >= 4 is 11.7 Å². The lowest BCUT2D eigenvalue weighted by atomic mass is 10.00. The Bertz CT molecular complexity index is 735. The number of hydrogen-bond acceptors (Lipinski definition) is 3. The second kappa shape index (κ2) is 6.36. The lowest BCUT2D eigenvalue weighted by Gasteiger charge is -2.20. The summed E-state index contributed by atoms with van der Waals surface area (Å²) in [6, 6.07) is 9.40. The zero-order chi connectivity index (χ0) is 16.4. The highest BCUT2D eigenvalue weighted by molar-refractivity contribution is 6.06. The quantitative estimate of drug-likeness (QED) is 0.923. The number of Topliss-reactive ketones (excluding diaryl/α,β-unsaturated/α-hetero) is 1. The van der Waals surface area contributed by atoms with E-state index in [1.165, 1.54) is 0 Å². The Balaban J connectivity index is 1.71. The fraction of sp³-hybridized carbons (Fsp3) is 0.389. The monoisotopic (exact) mass is 311 g/mol. The van der Waals surface area contributed by atoms with Crippen molar-refractivity contribution in [3.05, 3.63) is 52.8 Å². The summed E-state index contributed by atoms with van der Waals surface area (Å²) in [6.07, 6.45) is 2.24. The Kier molecular flexibility index (Phi) is 4.28. The van der Waals surface area contributed by atoms with E-state index in [0.717, 1.165) is 29.8 Å². The van der Waals surface area contributed by atoms with Gasteiger partial charge in [0, 0.05) is 19.0 Å². The Morgan fingerprint density at radius 3 is 2.96 bits per heavy atom. The van der Waals surface area contributed by atoms with Gasteiger partial charge in [0.05, 0.1) is 23.9 Å². The van der Waals surface area contributed by atoms with Gasteiger partial charge >= 0.3 is 0 Å². The summed E-state index contributed by atoms with van der Waals surface area (Å²) in [7, 11) is 1.77. The minimum absolute atomic E-state index is 0.0186. The largest absolute Gasteiger partial charge is 0.339 e. The normalized spacial score (nSPS) is 16.4. The molecule has 23 heavy (non-hydrogen) atoms. The van der Waals surface area contributed by atoms with Gasteiger partial charge in [-0.25, -0.2) is 0 Å². The first-order chi connectivity index (χ1) is 11.1. The molecule has 5 nitrogen and oxygen atoms in total. The number of hydrogen-bond donors (Lipinski definition) is 1. The summed E-state index contributed by atoms with van der Waals surface area (Å²) in [5.41, 5.74) is 3.48. The number of likely N-dealkylation sites (N-methyl/N-ethyl adjacent to an activating group) is 1. The molecule has 1 N–H and O–H groups in total. The van der Waals surface area contributed by atoms with E-state index in [1.54, 1.807) is 18.0 Å². The highest BCUT2D eigenvalue weighted by Gasteiger charge is 2.35. The molecule has 5 heteroatoms. The van der Waals surface area contributed by atoms with E-state index in [2.05, 4.69) is 17.1 Å². The molecule has 1 aromatic carbocycles. The zero-order valence-electron chi connectivity index (χ0n) is 13.5. The number of H-pyrrole nitrogens is 1. The zero-order valence-corrected chi connectivity index (χ0v) is 13.5. The van der Waals surface area contributed by atoms with Crippen molar-refractivity contribution in [3.63, 3.8) is 0 Å². The number of rotatable bonds is 5. The summed E-state index contributed by atoms with van der Waals surface area (Å²) < 4.78 is 0. The first-order valence-electron chi connectivity index (χ1n) is 8.00. The molecule has 0 saturated heterocycles. The van der Waals surface area contributed by atoms with Crippen LogP contribution in [0, 0.1) is 0 Å². The van der Waals surface area contributed by atoms with E-state index in [4.69, 9.17) is 0 Å². The molecule has 1 amide bonds. The molecule has 1 aromatic heterocycles. The number of benzene rings is 1. The van der Waals surface area contributed by atoms with Crippen LogP contribution >= 0.6 is 0 Å². The molecule has 0 unspecified atom stereocenters. The number of amides is 1. The van der Waals surface area contributed by atoms with Gasteiger partial charge in [0.1, 0.15) is 0 Å². The highest BCUT2D eigenvalue weighted by Crippen LogP contribution is 2.34. The number of nitrogens with zero attached hydrogens (tertiary/aromatic N) is 2. The lowest BCUT2D eigenvalue weighted by molar-refractivity contribution is -0.131. The van der Waals surface area contributed by atoms with Crippen molar-refractivity contribution < 1.29 is 9.59 Å². The maximum Gasteiger partial charge on any atom is 0.230 e. The smallest absolute Gasteiger partial charge is 0.230 e. The van der Waals surface area contributed by atoms with Gasteiger partial charge in [-0.15, -0.1) is 0 Å². The van der Waals surface area contributed by atoms with Crippen molar-refractivity contribution in [2.24, 2.45) is 0 Å². The van der Waals surface area contributed by atoms with Crippen LogP contribution in [-0.4, -0.2) is 33.8 Å². The van der Waals surface area contributed by atoms with E-state index in [9.17, 15) is 9.59 Å². The molecule has 3 rings (SSSR count). The Morgan fingerprint density at radius 2 is 2.17 bits per heavy atom.